The minimum Gasteiger partial charge on any atom is -0.481 e. The first-order valence-corrected chi connectivity index (χ1v) is 11.4. The third-order valence-electron chi connectivity index (χ3n) is 2.28. The van der Waals surface area contributed by atoms with E-state index >= 15 is 0 Å². The van der Waals surface area contributed by atoms with Crippen molar-refractivity contribution in [3.63, 3.8) is 0 Å². The summed E-state index contributed by atoms with van der Waals surface area (Å²) in [7, 11) is 0. The molecule has 0 atom stereocenters. The molecular weight excluding hydrogens is 433 g/mol. The summed E-state index contributed by atoms with van der Waals surface area (Å²) in [5, 5.41) is 8.14. The van der Waals surface area contributed by atoms with E-state index in [1.54, 1.807) is 0 Å². The minimum absolute atomic E-state index is 0.143. The number of carboxylic acid groups (broad SMARTS) is 1. The van der Waals surface area contributed by atoms with E-state index in [9.17, 15) is 9.59 Å². The third-order valence-corrected chi connectivity index (χ3v) is 7.55. The van der Waals surface area contributed by atoms with Gasteiger partial charge in [0.05, 0.1) is 0 Å². The van der Waals surface area contributed by atoms with E-state index < -0.39 is 31.0 Å². The molecule has 0 aromatic heterocycles. The van der Waals surface area contributed by atoms with E-state index in [-0.39, 0.29) is 5.97 Å². The van der Waals surface area contributed by atoms with Crippen LogP contribution in [0.3, 0.4) is 0 Å². The van der Waals surface area contributed by atoms with Crippen molar-refractivity contribution in [1.29, 1.82) is 0 Å². The van der Waals surface area contributed by atoms with Crippen LogP contribution in [0.15, 0.2) is 30.3 Å². The predicted molar refractivity (Wildman–Crippen MR) is 69.6 cm³/mol. The summed E-state index contributed by atoms with van der Waals surface area (Å²) in [4.78, 5) is 20.3. The zero-order chi connectivity index (χ0) is 14.5. The number of benzene rings is 1. The van der Waals surface area contributed by atoms with Gasteiger partial charge >= 0.3 is 84.7 Å². The van der Waals surface area contributed by atoms with Gasteiger partial charge in [0, 0.05) is 6.42 Å². The first kappa shape index (κ1) is 18.1. The van der Waals surface area contributed by atoms with Crippen LogP contribution >= 0.6 is 0 Å². The fraction of sp³-hybridized carbons (Fsp3) is 0.429. The van der Waals surface area contributed by atoms with Crippen LogP contribution in [0.2, 0.25) is 0 Å². The summed E-state index contributed by atoms with van der Waals surface area (Å²) in [5.74, 6) is -0.825. The van der Waals surface area contributed by atoms with Gasteiger partial charge in [-0.1, -0.05) is 19.8 Å². The summed E-state index contributed by atoms with van der Waals surface area (Å²) in [6.07, 6.45) is 3.28. The molecule has 0 amide bonds. The number of rotatable bonds is 6. The fourth-order valence-corrected chi connectivity index (χ4v) is 4.53. The van der Waals surface area contributed by atoms with Crippen LogP contribution in [0, 0.1) is 0 Å². The average molecular weight is 453 g/mol. The zero-order valence-corrected chi connectivity index (χ0v) is 17.1. The van der Waals surface area contributed by atoms with Crippen molar-refractivity contribution in [1.82, 2.24) is 0 Å². The zero-order valence-electron chi connectivity index (χ0n) is 11.6. The molecular formula is C14H20HgO4. The van der Waals surface area contributed by atoms with Gasteiger partial charge in [0.15, 0.2) is 0 Å². The summed E-state index contributed by atoms with van der Waals surface area (Å²) >= 11 is -1.52. The first-order chi connectivity index (χ1) is 9.06. The second-order valence-corrected chi connectivity index (χ2v) is 9.54. The molecule has 0 saturated carbocycles. The maximum absolute atomic E-state index is 10.5. The summed E-state index contributed by atoms with van der Waals surface area (Å²) in [6.45, 7) is 3.52. The number of hydrogen-bond acceptors (Lipinski definition) is 3. The number of carbonyl (C=O) groups excluding carboxylic acids is 1. The van der Waals surface area contributed by atoms with Crippen molar-refractivity contribution in [3.05, 3.63) is 30.3 Å². The van der Waals surface area contributed by atoms with E-state index in [0.717, 1.165) is 19.3 Å². The molecule has 5 heteroatoms. The van der Waals surface area contributed by atoms with Gasteiger partial charge in [-0.3, -0.25) is 4.79 Å². The van der Waals surface area contributed by atoms with E-state index in [4.69, 9.17) is 7.75 Å². The Morgan fingerprint density at radius 2 is 1.84 bits per heavy atom. The largest absolute Gasteiger partial charge is 0.481 e. The van der Waals surface area contributed by atoms with E-state index in [0.29, 0.717) is 6.42 Å². The molecule has 1 rings (SSSR count). The predicted octanol–water partition coefficient (Wildman–Crippen LogP) is 2.52. The van der Waals surface area contributed by atoms with Crippen molar-refractivity contribution in [2.24, 2.45) is 0 Å². The summed E-state index contributed by atoms with van der Waals surface area (Å²) < 4.78 is 6.25. The second kappa shape index (κ2) is 12.1. The van der Waals surface area contributed by atoms with Crippen molar-refractivity contribution in [2.75, 3.05) is 0 Å². The normalized spacial score (nSPS) is 8.74. The standard InChI is InChI=1S/C6H12O2.C6H5.C2H4O2.Hg/c1-2-3-4-5-6(7)8;1-2-4-6-5-3-1;1-2(3)4;/h2-5H2,1H3,(H,7,8);1-5H;1H3,(H,3,4);/q;;;+1/p-1. The number of unbranched alkanes of at least 4 members (excludes halogenated alkanes) is 2. The molecule has 0 radical (unpaired) electrons. The van der Waals surface area contributed by atoms with Crippen LogP contribution < -0.4 is 3.07 Å². The van der Waals surface area contributed by atoms with Gasteiger partial charge in [0.1, 0.15) is 0 Å². The van der Waals surface area contributed by atoms with Crippen LogP contribution in [0.25, 0.3) is 0 Å². The topological polar surface area (TPSA) is 63.6 Å². The van der Waals surface area contributed by atoms with Gasteiger partial charge in [0.25, 0.3) is 0 Å². The van der Waals surface area contributed by atoms with Gasteiger partial charge in [-0.25, -0.2) is 0 Å². The van der Waals surface area contributed by atoms with E-state index in [1.807, 2.05) is 30.3 Å². The van der Waals surface area contributed by atoms with Crippen LogP contribution in [0.5, 0.6) is 0 Å². The molecule has 0 aliphatic carbocycles. The van der Waals surface area contributed by atoms with Crippen molar-refractivity contribution < 1.29 is 42.4 Å². The quantitative estimate of drug-likeness (QED) is 0.532. The Hall–Kier alpha value is -0.905. The number of hydrogen-bond donors (Lipinski definition) is 1. The third kappa shape index (κ3) is 13.3. The molecule has 0 aliphatic rings. The van der Waals surface area contributed by atoms with E-state index in [1.165, 1.54) is 10.00 Å². The molecule has 19 heavy (non-hydrogen) atoms. The Balaban J connectivity index is 0.000000362. The molecule has 0 unspecified atom stereocenters. The van der Waals surface area contributed by atoms with Crippen LogP contribution in [-0.2, 0) is 37.3 Å². The van der Waals surface area contributed by atoms with Crippen LogP contribution in [-0.4, -0.2) is 17.0 Å². The van der Waals surface area contributed by atoms with Crippen molar-refractivity contribution >= 4 is 15.0 Å². The molecule has 1 aromatic rings. The average Bonchev–Trinajstić information content (AvgIpc) is 2.38. The molecule has 0 heterocycles. The summed E-state index contributed by atoms with van der Waals surface area (Å²) in [6, 6.07) is 9.94. The molecule has 0 aliphatic heterocycles. The van der Waals surface area contributed by atoms with Crippen molar-refractivity contribution in [3.8, 4) is 0 Å². The molecule has 1 N–H and O–H groups in total. The number of carboxylic acids is 1. The van der Waals surface area contributed by atoms with E-state index in [2.05, 4.69) is 6.92 Å². The summed E-state index contributed by atoms with van der Waals surface area (Å²) in [5.41, 5.74) is 0. The molecule has 0 saturated heterocycles. The monoisotopic (exact) mass is 454 g/mol. The number of carbonyl (C=O) groups is 2. The second-order valence-electron chi connectivity index (χ2n) is 4.12. The Labute approximate surface area is 127 Å². The Morgan fingerprint density at radius 1 is 1.21 bits per heavy atom. The molecule has 1 aromatic carbocycles. The Bertz CT molecular complexity index is 365. The van der Waals surface area contributed by atoms with Gasteiger partial charge in [0.2, 0.25) is 0 Å². The van der Waals surface area contributed by atoms with Crippen molar-refractivity contribution in [2.45, 2.75) is 39.5 Å². The van der Waals surface area contributed by atoms with Gasteiger partial charge in [-0.15, -0.1) is 0 Å². The molecule has 0 fully saturated rings. The molecule has 102 valence electrons. The number of aliphatic carboxylic acids is 1. The van der Waals surface area contributed by atoms with Crippen LogP contribution in [0.4, 0.5) is 0 Å². The molecule has 0 bridgehead atoms. The van der Waals surface area contributed by atoms with Gasteiger partial charge in [-0.05, 0) is 6.42 Å². The maximum Gasteiger partial charge on any atom is 0.303 e. The molecule has 0 spiro atoms. The maximum atomic E-state index is 10.5. The molecule has 4 nitrogen and oxygen atoms in total. The van der Waals surface area contributed by atoms with Crippen LogP contribution in [0.1, 0.15) is 39.5 Å². The Morgan fingerprint density at radius 3 is 2.32 bits per heavy atom. The smallest absolute Gasteiger partial charge is 0.303 e. The first-order valence-electron chi connectivity index (χ1n) is 6.45. The Kier molecular flexibility index (Phi) is 11.6. The van der Waals surface area contributed by atoms with Gasteiger partial charge in [-0.2, -0.15) is 0 Å². The van der Waals surface area contributed by atoms with Gasteiger partial charge < -0.3 is 5.11 Å². The minimum atomic E-state index is -1.52. The SMILES string of the molecule is CC(=O)[O][Hg][c]1ccccc1.CCCCCC(=O)O. The fourth-order valence-electron chi connectivity index (χ4n) is 1.29.